The third-order valence-corrected chi connectivity index (χ3v) is 6.95. The number of rotatable bonds is 3. The summed E-state index contributed by atoms with van der Waals surface area (Å²) < 4.78 is 33.8. The van der Waals surface area contributed by atoms with Crippen molar-refractivity contribution in [2.45, 2.75) is 50.4 Å². The first-order valence-corrected chi connectivity index (χ1v) is 9.33. The fourth-order valence-corrected chi connectivity index (χ4v) is 3.58. The van der Waals surface area contributed by atoms with Crippen LogP contribution in [0.25, 0.3) is 0 Å². The zero-order chi connectivity index (χ0) is 15.3. The summed E-state index contributed by atoms with van der Waals surface area (Å²) in [4.78, 5) is 4.34. The van der Waals surface area contributed by atoms with Crippen LogP contribution < -0.4 is 0 Å². The minimum atomic E-state index is -3.32. The average molecular weight is 314 g/mol. The molecule has 3 rings (SSSR count). The summed E-state index contributed by atoms with van der Waals surface area (Å²) in [5, 5.41) is 3.89. The van der Waals surface area contributed by atoms with Gasteiger partial charge in [-0.2, -0.15) is 4.98 Å². The molecule has 1 aromatic heterocycles. The molecule has 0 unspecified atom stereocenters. The largest absolute Gasteiger partial charge is 0.368 e. The van der Waals surface area contributed by atoms with Gasteiger partial charge in [0, 0.05) is 6.26 Å². The minimum absolute atomic E-state index is 0.182. The molecule has 0 radical (unpaired) electrons. The van der Waals surface area contributed by atoms with Gasteiger partial charge < -0.3 is 9.26 Å². The van der Waals surface area contributed by atoms with Crippen LogP contribution in [0, 0.1) is 11.8 Å². The summed E-state index contributed by atoms with van der Waals surface area (Å²) in [6, 6.07) is 0. The molecule has 118 valence electrons. The van der Waals surface area contributed by atoms with Crippen molar-refractivity contribution in [2.24, 2.45) is 11.8 Å². The van der Waals surface area contributed by atoms with Crippen LogP contribution in [0.4, 0.5) is 0 Å². The Kier molecular flexibility index (Phi) is 3.60. The van der Waals surface area contributed by atoms with E-state index in [4.69, 9.17) is 9.26 Å². The summed E-state index contributed by atoms with van der Waals surface area (Å²) in [6.07, 6.45) is 5.70. The molecular weight excluding hydrogens is 292 g/mol. The van der Waals surface area contributed by atoms with Crippen molar-refractivity contribution < 1.29 is 17.7 Å². The van der Waals surface area contributed by atoms with Gasteiger partial charge in [-0.15, -0.1) is 0 Å². The van der Waals surface area contributed by atoms with Gasteiger partial charge in [-0.05, 0) is 44.9 Å². The highest BCUT2D eigenvalue weighted by atomic mass is 32.2. The average Bonchev–Trinajstić information content (AvgIpc) is 2.88. The normalized spacial score (nSPS) is 30.3. The van der Waals surface area contributed by atoms with Gasteiger partial charge >= 0.3 is 0 Å². The van der Waals surface area contributed by atoms with Crippen LogP contribution in [0.3, 0.4) is 0 Å². The number of hydrogen-bond donors (Lipinski definition) is 0. The van der Waals surface area contributed by atoms with Crippen LogP contribution in [0.5, 0.6) is 0 Å². The molecule has 1 aliphatic heterocycles. The zero-order valence-electron chi connectivity index (χ0n) is 12.7. The summed E-state index contributed by atoms with van der Waals surface area (Å²) in [5.41, 5.74) is 0. The molecule has 0 N–H and O–H groups in total. The molecule has 1 aliphatic carbocycles. The quantitative estimate of drug-likeness (QED) is 0.851. The molecule has 1 saturated heterocycles. The van der Waals surface area contributed by atoms with E-state index in [1.807, 2.05) is 0 Å². The standard InChI is InChI=1S/C14H22N2O4S/c1-14(2,21(3,17)18)13-15-12(20-16-13)11-10-6-4-5-9(7-10)8-19-11/h9-11H,4-8H2,1-3H3/t9-,10+,11-/m1/s1. The predicted octanol–water partition coefficient (Wildman–Crippen LogP) is 2.23. The highest BCUT2D eigenvalue weighted by Crippen LogP contribution is 2.43. The van der Waals surface area contributed by atoms with Gasteiger partial charge in [0.1, 0.15) is 10.9 Å². The van der Waals surface area contributed by atoms with Crippen LogP contribution in [0.1, 0.15) is 57.3 Å². The van der Waals surface area contributed by atoms with E-state index in [0.717, 1.165) is 19.4 Å². The van der Waals surface area contributed by atoms with E-state index in [1.54, 1.807) is 13.8 Å². The van der Waals surface area contributed by atoms with Crippen LogP contribution >= 0.6 is 0 Å². The molecule has 1 aromatic rings. The van der Waals surface area contributed by atoms with Crippen molar-refractivity contribution in [1.82, 2.24) is 10.1 Å². The van der Waals surface area contributed by atoms with Crippen molar-refractivity contribution in [3.63, 3.8) is 0 Å². The molecule has 2 aliphatic rings. The molecule has 21 heavy (non-hydrogen) atoms. The molecule has 0 aromatic carbocycles. The third-order valence-electron chi connectivity index (χ3n) is 4.91. The van der Waals surface area contributed by atoms with Gasteiger partial charge in [0.15, 0.2) is 15.7 Å². The molecule has 7 heteroatoms. The van der Waals surface area contributed by atoms with Crippen LogP contribution in [-0.4, -0.2) is 31.4 Å². The highest BCUT2D eigenvalue weighted by molar-refractivity contribution is 7.91. The first kappa shape index (κ1) is 15.0. The second-order valence-electron chi connectivity index (χ2n) is 6.79. The number of hydrogen-bond acceptors (Lipinski definition) is 6. The summed E-state index contributed by atoms with van der Waals surface area (Å²) >= 11 is 0. The van der Waals surface area contributed by atoms with E-state index in [0.29, 0.717) is 17.7 Å². The third kappa shape index (κ3) is 2.61. The van der Waals surface area contributed by atoms with Crippen molar-refractivity contribution in [2.75, 3.05) is 12.9 Å². The molecular formula is C14H22N2O4S. The Morgan fingerprint density at radius 2 is 2.05 bits per heavy atom. The Bertz CT molecular complexity index is 623. The molecule has 0 amide bonds. The van der Waals surface area contributed by atoms with E-state index in [2.05, 4.69) is 10.1 Å². The van der Waals surface area contributed by atoms with E-state index < -0.39 is 14.6 Å². The topological polar surface area (TPSA) is 82.3 Å². The fraction of sp³-hybridized carbons (Fsp3) is 0.857. The summed E-state index contributed by atoms with van der Waals surface area (Å²) in [6.45, 7) is 3.92. The number of sulfone groups is 1. The lowest BCUT2D eigenvalue weighted by atomic mass is 9.77. The molecule has 6 nitrogen and oxygen atoms in total. The molecule has 2 heterocycles. The van der Waals surface area contributed by atoms with Crippen molar-refractivity contribution in [1.29, 1.82) is 0 Å². The molecule has 1 saturated carbocycles. The van der Waals surface area contributed by atoms with Crippen LogP contribution in [0.15, 0.2) is 4.52 Å². The van der Waals surface area contributed by atoms with Crippen LogP contribution in [0.2, 0.25) is 0 Å². The molecule has 3 atom stereocenters. The number of nitrogens with zero attached hydrogens (tertiary/aromatic N) is 2. The summed E-state index contributed by atoms with van der Waals surface area (Å²) in [7, 11) is -3.32. The molecule has 2 bridgehead atoms. The fourth-order valence-electron chi connectivity index (χ4n) is 3.17. The lowest BCUT2D eigenvalue weighted by Gasteiger charge is -2.38. The van der Waals surface area contributed by atoms with Crippen molar-refractivity contribution in [3.05, 3.63) is 11.7 Å². The van der Waals surface area contributed by atoms with E-state index in [9.17, 15) is 8.42 Å². The number of ether oxygens (including phenoxy) is 1. The SMILES string of the molecule is CC(C)(c1noc([C@@H]2OC[C@@H]3CCC[C@H]2C3)n1)S(C)(=O)=O. The lowest BCUT2D eigenvalue weighted by molar-refractivity contribution is -0.0915. The Balaban J connectivity index is 1.85. The highest BCUT2D eigenvalue weighted by Gasteiger charge is 2.41. The van der Waals surface area contributed by atoms with Crippen molar-refractivity contribution in [3.8, 4) is 0 Å². The van der Waals surface area contributed by atoms with Gasteiger partial charge in [0.05, 0.1) is 6.61 Å². The van der Waals surface area contributed by atoms with E-state index in [-0.39, 0.29) is 11.9 Å². The van der Waals surface area contributed by atoms with E-state index >= 15 is 0 Å². The Labute approximate surface area is 125 Å². The molecule has 2 fully saturated rings. The number of aromatic nitrogens is 2. The maximum Gasteiger partial charge on any atom is 0.256 e. The maximum atomic E-state index is 11.9. The van der Waals surface area contributed by atoms with Gasteiger partial charge in [-0.1, -0.05) is 11.6 Å². The van der Waals surface area contributed by atoms with Crippen LogP contribution in [-0.2, 0) is 19.3 Å². The van der Waals surface area contributed by atoms with Gasteiger partial charge in [0.2, 0.25) is 0 Å². The Morgan fingerprint density at radius 3 is 2.76 bits per heavy atom. The number of fused-ring (bicyclic) bond motifs is 2. The van der Waals surface area contributed by atoms with Gasteiger partial charge in [-0.3, -0.25) is 0 Å². The van der Waals surface area contributed by atoms with Crippen molar-refractivity contribution >= 4 is 9.84 Å². The summed E-state index contributed by atoms with van der Waals surface area (Å²) in [5.74, 6) is 1.69. The minimum Gasteiger partial charge on any atom is -0.368 e. The van der Waals surface area contributed by atoms with E-state index in [1.165, 1.54) is 19.1 Å². The zero-order valence-corrected chi connectivity index (χ0v) is 13.5. The first-order chi connectivity index (χ1) is 9.79. The van der Waals surface area contributed by atoms with Gasteiger partial charge in [-0.25, -0.2) is 8.42 Å². The second kappa shape index (κ2) is 5.05. The monoisotopic (exact) mass is 314 g/mol. The molecule has 0 spiro atoms. The second-order valence-corrected chi connectivity index (χ2v) is 9.35. The Hall–Kier alpha value is -0.950. The maximum absolute atomic E-state index is 11.9. The lowest BCUT2D eigenvalue weighted by Crippen LogP contribution is -2.33. The smallest absolute Gasteiger partial charge is 0.256 e. The first-order valence-electron chi connectivity index (χ1n) is 7.44. The van der Waals surface area contributed by atoms with Gasteiger partial charge in [0.25, 0.3) is 5.89 Å². The predicted molar refractivity (Wildman–Crippen MR) is 76.3 cm³/mol. The Morgan fingerprint density at radius 1 is 1.29 bits per heavy atom.